The number of carboxylic acid groups (broad SMARTS) is 1. The number of thioether (sulfide) groups is 1. The maximum absolute atomic E-state index is 11.2. The number of anilines is 1. The van der Waals surface area contributed by atoms with Gasteiger partial charge >= 0.3 is 5.97 Å². The minimum absolute atomic E-state index is 0.325. The highest BCUT2D eigenvalue weighted by atomic mass is 79.9. The number of rotatable bonds is 3. The average molecular weight is 316 g/mol. The van der Waals surface area contributed by atoms with Gasteiger partial charge in [0.2, 0.25) is 0 Å². The van der Waals surface area contributed by atoms with Crippen LogP contribution >= 0.6 is 27.7 Å². The lowest BCUT2D eigenvalue weighted by atomic mass is 10.1. The molecular weight excluding hydrogens is 302 g/mol. The summed E-state index contributed by atoms with van der Waals surface area (Å²) >= 11 is 5.24. The van der Waals surface area contributed by atoms with Gasteiger partial charge in [-0.15, -0.1) is 0 Å². The number of benzene rings is 1. The van der Waals surface area contributed by atoms with Crippen LogP contribution in [0.15, 0.2) is 22.7 Å². The number of aromatic carboxylic acids is 1. The predicted molar refractivity (Wildman–Crippen MR) is 75.1 cm³/mol. The predicted octanol–water partition coefficient (Wildman–Crippen LogP) is 3.45. The van der Waals surface area contributed by atoms with Crippen LogP contribution in [0.3, 0.4) is 0 Å². The summed E-state index contributed by atoms with van der Waals surface area (Å²) in [6.45, 7) is 0. The lowest BCUT2D eigenvalue weighted by Crippen LogP contribution is -2.25. The summed E-state index contributed by atoms with van der Waals surface area (Å²) in [6.07, 6.45) is 2.19. The fourth-order valence-electron chi connectivity index (χ4n) is 1.92. The largest absolute Gasteiger partial charge is 0.478 e. The van der Waals surface area contributed by atoms with Crippen molar-refractivity contribution in [2.45, 2.75) is 18.9 Å². The summed E-state index contributed by atoms with van der Waals surface area (Å²) in [5, 5.41) is 12.5. The zero-order valence-corrected chi connectivity index (χ0v) is 11.7. The third kappa shape index (κ3) is 3.16. The molecule has 2 rings (SSSR count). The minimum Gasteiger partial charge on any atom is -0.478 e. The monoisotopic (exact) mass is 315 g/mol. The van der Waals surface area contributed by atoms with E-state index in [9.17, 15) is 9.90 Å². The second-order valence-corrected chi connectivity index (χ2v) is 6.08. The molecule has 0 unspecified atom stereocenters. The molecule has 5 heteroatoms. The van der Waals surface area contributed by atoms with Gasteiger partial charge in [-0.2, -0.15) is 11.8 Å². The van der Waals surface area contributed by atoms with E-state index < -0.39 is 5.97 Å². The molecule has 0 bridgehead atoms. The van der Waals surface area contributed by atoms with Crippen LogP contribution in [-0.2, 0) is 0 Å². The van der Waals surface area contributed by atoms with Crippen molar-refractivity contribution in [2.75, 3.05) is 16.8 Å². The van der Waals surface area contributed by atoms with E-state index in [4.69, 9.17) is 0 Å². The molecular formula is C12H14BrNO2S. The Morgan fingerprint density at radius 2 is 2.12 bits per heavy atom. The molecule has 0 amide bonds. The number of hydrogen-bond acceptors (Lipinski definition) is 3. The molecule has 1 aliphatic heterocycles. The molecule has 1 aliphatic rings. The van der Waals surface area contributed by atoms with Gasteiger partial charge in [-0.1, -0.05) is 6.07 Å². The van der Waals surface area contributed by atoms with E-state index in [-0.39, 0.29) is 0 Å². The topological polar surface area (TPSA) is 49.3 Å². The summed E-state index contributed by atoms with van der Waals surface area (Å²) in [4.78, 5) is 11.2. The van der Waals surface area contributed by atoms with Gasteiger partial charge in [0.15, 0.2) is 0 Å². The van der Waals surface area contributed by atoms with Gasteiger partial charge in [-0.3, -0.25) is 0 Å². The second-order valence-electron chi connectivity index (χ2n) is 4.00. The van der Waals surface area contributed by atoms with Crippen molar-refractivity contribution < 1.29 is 9.90 Å². The molecule has 2 N–H and O–H groups in total. The quantitative estimate of drug-likeness (QED) is 0.897. The van der Waals surface area contributed by atoms with E-state index in [1.165, 1.54) is 0 Å². The van der Waals surface area contributed by atoms with Crippen molar-refractivity contribution in [1.29, 1.82) is 0 Å². The van der Waals surface area contributed by atoms with Crippen molar-refractivity contribution in [3.63, 3.8) is 0 Å². The maximum atomic E-state index is 11.2. The first-order valence-corrected chi connectivity index (χ1v) is 7.49. The SMILES string of the molecule is O=C(O)c1c(Br)cccc1NC1CCSCC1. The Balaban J connectivity index is 2.19. The van der Waals surface area contributed by atoms with Crippen molar-refractivity contribution in [3.8, 4) is 0 Å². The molecule has 0 spiro atoms. The standard InChI is InChI=1S/C12H14BrNO2S/c13-9-2-1-3-10(11(9)12(15)16)14-8-4-6-17-7-5-8/h1-3,8,14H,4-7H2,(H,15,16). The molecule has 0 atom stereocenters. The van der Waals surface area contributed by atoms with Crippen LogP contribution in [0.25, 0.3) is 0 Å². The average Bonchev–Trinajstić information content (AvgIpc) is 2.30. The second kappa shape index (κ2) is 5.78. The highest BCUT2D eigenvalue weighted by Crippen LogP contribution is 2.27. The van der Waals surface area contributed by atoms with Gasteiger partial charge in [0.1, 0.15) is 0 Å². The van der Waals surface area contributed by atoms with Crippen molar-refractivity contribution in [3.05, 3.63) is 28.2 Å². The van der Waals surface area contributed by atoms with E-state index in [0.29, 0.717) is 21.8 Å². The van der Waals surface area contributed by atoms with Crippen LogP contribution in [0.1, 0.15) is 23.2 Å². The van der Waals surface area contributed by atoms with Crippen LogP contribution in [0.5, 0.6) is 0 Å². The van der Waals surface area contributed by atoms with E-state index >= 15 is 0 Å². The van der Waals surface area contributed by atoms with E-state index in [2.05, 4.69) is 21.2 Å². The molecule has 1 aromatic carbocycles. The van der Waals surface area contributed by atoms with Crippen molar-refractivity contribution in [1.82, 2.24) is 0 Å². The van der Waals surface area contributed by atoms with Crippen LogP contribution < -0.4 is 5.32 Å². The van der Waals surface area contributed by atoms with Gasteiger partial charge in [0.25, 0.3) is 0 Å². The van der Waals surface area contributed by atoms with E-state index in [1.807, 2.05) is 23.9 Å². The highest BCUT2D eigenvalue weighted by molar-refractivity contribution is 9.10. The molecule has 3 nitrogen and oxygen atoms in total. The third-order valence-corrected chi connectivity index (χ3v) is 4.52. The Morgan fingerprint density at radius 1 is 1.41 bits per heavy atom. The molecule has 17 heavy (non-hydrogen) atoms. The van der Waals surface area contributed by atoms with Gasteiger partial charge in [-0.25, -0.2) is 4.79 Å². The summed E-state index contributed by atoms with van der Waals surface area (Å²) < 4.78 is 0.625. The van der Waals surface area contributed by atoms with Crippen molar-refractivity contribution in [2.24, 2.45) is 0 Å². The van der Waals surface area contributed by atoms with E-state index in [0.717, 1.165) is 24.3 Å². The van der Waals surface area contributed by atoms with Gasteiger partial charge in [0.05, 0.1) is 11.3 Å². The van der Waals surface area contributed by atoms with Crippen LogP contribution in [-0.4, -0.2) is 28.6 Å². The number of carboxylic acids is 1. The third-order valence-electron chi connectivity index (χ3n) is 2.81. The van der Waals surface area contributed by atoms with Gasteiger partial charge in [0, 0.05) is 10.5 Å². The lowest BCUT2D eigenvalue weighted by Gasteiger charge is -2.24. The smallest absolute Gasteiger partial charge is 0.338 e. The zero-order chi connectivity index (χ0) is 12.3. The first-order chi connectivity index (χ1) is 8.18. The number of halogens is 1. The summed E-state index contributed by atoms with van der Waals surface area (Å²) in [5.41, 5.74) is 1.04. The lowest BCUT2D eigenvalue weighted by molar-refractivity contribution is 0.0697. The summed E-state index contributed by atoms with van der Waals surface area (Å²) in [7, 11) is 0. The normalized spacial score (nSPS) is 16.8. The fraction of sp³-hybridized carbons (Fsp3) is 0.417. The molecule has 0 saturated carbocycles. The molecule has 0 aromatic heterocycles. The summed E-state index contributed by atoms with van der Waals surface area (Å²) in [5.74, 6) is 1.40. The first kappa shape index (κ1) is 12.8. The van der Waals surface area contributed by atoms with Crippen LogP contribution in [0.2, 0.25) is 0 Å². The Morgan fingerprint density at radius 3 is 2.76 bits per heavy atom. The van der Waals surface area contributed by atoms with Gasteiger partial charge < -0.3 is 10.4 Å². The van der Waals surface area contributed by atoms with E-state index in [1.54, 1.807) is 6.07 Å². The number of hydrogen-bond donors (Lipinski definition) is 2. The minimum atomic E-state index is -0.898. The Hall–Kier alpha value is -0.680. The Labute approximate surface area is 113 Å². The maximum Gasteiger partial charge on any atom is 0.338 e. The number of carbonyl (C=O) groups is 1. The van der Waals surface area contributed by atoms with Gasteiger partial charge in [-0.05, 0) is 52.4 Å². The van der Waals surface area contributed by atoms with Crippen molar-refractivity contribution >= 4 is 39.3 Å². The summed E-state index contributed by atoms with van der Waals surface area (Å²) in [6, 6.07) is 5.83. The Bertz CT molecular complexity index is 419. The molecule has 1 fully saturated rings. The first-order valence-electron chi connectivity index (χ1n) is 5.54. The molecule has 0 aliphatic carbocycles. The molecule has 92 valence electrons. The number of nitrogens with one attached hydrogen (secondary N) is 1. The van der Waals surface area contributed by atoms with Crippen LogP contribution in [0.4, 0.5) is 5.69 Å². The fourth-order valence-corrected chi connectivity index (χ4v) is 3.57. The molecule has 1 saturated heterocycles. The highest BCUT2D eigenvalue weighted by Gasteiger charge is 2.18. The molecule has 0 radical (unpaired) electrons. The Kier molecular flexibility index (Phi) is 4.34. The molecule has 1 heterocycles. The zero-order valence-electron chi connectivity index (χ0n) is 9.28. The van der Waals surface area contributed by atoms with Crippen LogP contribution in [0, 0.1) is 0 Å². The molecule has 1 aromatic rings.